The molecule has 4 heteroatoms. The standard InChI is InChI=1S/C13H13NO3/c1-3-17-13-10(8-15)6-9-7-11(16-2)4-5-12(9)14-13/h4-8H,3H2,1-2H3. The minimum absolute atomic E-state index is 0.375. The van der Waals surface area contributed by atoms with Crippen LogP contribution in [0.1, 0.15) is 17.3 Å². The molecule has 0 aliphatic rings. The summed E-state index contributed by atoms with van der Waals surface area (Å²) in [5.74, 6) is 1.11. The molecule has 0 atom stereocenters. The Kier molecular flexibility index (Phi) is 3.23. The Morgan fingerprint density at radius 3 is 2.82 bits per heavy atom. The number of fused-ring (bicyclic) bond motifs is 1. The molecule has 0 unspecified atom stereocenters. The first-order valence-corrected chi connectivity index (χ1v) is 5.35. The lowest BCUT2D eigenvalue weighted by Crippen LogP contribution is -1.99. The number of methoxy groups -OCH3 is 1. The van der Waals surface area contributed by atoms with Crippen molar-refractivity contribution in [2.45, 2.75) is 6.92 Å². The van der Waals surface area contributed by atoms with Crippen LogP contribution in [-0.4, -0.2) is 25.0 Å². The smallest absolute Gasteiger partial charge is 0.224 e. The van der Waals surface area contributed by atoms with Crippen molar-refractivity contribution in [1.82, 2.24) is 4.98 Å². The van der Waals surface area contributed by atoms with Crippen molar-refractivity contribution in [3.05, 3.63) is 29.8 Å². The van der Waals surface area contributed by atoms with E-state index in [0.29, 0.717) is 18.1 Å². The molecule has 0 spiro atoms. The van der Waals surface area contributed by atoms with Gasteiger partial charge in [0.1, 0.15) is 5.75 Å². The third-order valence-electron chi connectivity index (χ3n) is 2.42. The Bertz CT molecular complexity index is 552. The first-order chi connectivity index (χ1) is 8.28. The van der Waals surface area contributed by atoms with E-state index >= 15 is 0 Å². The maximum absolute atomic E-state index is 10.9. The van der Waals surface area contributed by atoms with Gasteiger partial charge >= 0.3 is 0 Å². The average Bonchev–Trinajstić information content (AvgIpc) is 2.37. The lowest BCUT2D eigenvalue weighted by molar-refractivity contribution is 0.111. The number of carbonyl (C=O) groups excluding carboxylic acids is 1. The van der Waals surface area contributed by atoms with Gasteiger partial charge in [-0.15, -0.1) is 0 Å². The van der Waals surface area contributed by atoms with Gasteiger partial charge in [-0.1, -0.05) is 0 Å². The van der Waals surface area contributed by atoms with E-state index in [9.17, 15) is 4.79 Å². The van der Waals surface area contributed by atoms with Gasteiger partial charge in [0, 0.05) is 5.39 Å². The Labute approximate surface area is 99.2 Å². The second kappa shape index (κ2) is 4.82. The maximum atomic E-state index is 10.9. The van der Waals surface area contributed by atoms with Gasteiger partial charge < -0.3 is 9.47 Å². The number of pyridine rings is 1. The van der Waals surface area contributed by atoms with Crippen LogP contribution in [0.5, 0.6) is 11.6 Å². The summed E-state index contributed by atoms with van der Waals surface area (Å²) in [6.07, 6.45) is 0.747. The van der Waals surface area contributed by atoms with E-state index in [2.05, 4.69) is 4.98 Å². The quantitative estimate of drug-likeness (QED) is 0.758. The van der Waals surface area contributed by atoms with Crippen molar-refractivity contribution in [2.24, 2.45) is 0 Å². The number of aromatic nitrogens is 1. The van der Waals surface area contributed by atoms with Gasteiger partial charge in [0.15, 0.2) is 6.29 Å². The predicted molar refractivity (Wildman–Crippen MR) is 64.9 cm³/mol. The molecular formula is C13H13NO3. The topological polar surface area (TPSA) is 48.4 Å². The normalized spacial score (nSPS) is 10.2. The number of nitrogens with zero attached hydrogens (tertiary/aromatic N) is 1. The Morgan fingerprint density at radius 1 is 1.35 bits per heavy atom. The van der Waals surface area contributed by atoms with Crippen LogP contribution >= 0.6 is 0 Å². The van der Waals surface area contributed by atoms with Crippen LogP contribution in [-0.2, 0) is 0 Å². The molecule has 88 valence electrons. The molecule has 0 bridgehead atoms. The fourth-order valence-corrected chi connectivity index (χ4v) is 1.62. The van der Waals surface area contributed by atoms with Crippen LogP contribution in [0.3, 0.4) is 0 Å². The zero-order valence-corrected chi connectivity index (χ0v) is 9.77. The predicted octanol–water partition coefficient (Wildman–Crippen LogP) is 2.45. The molecule has 0 aliphatic heterocycles. The molecule has 1 aromatic carbocycles. The number of rotatable bonds is 4. The summed E-state index contributed by atoms with van der Waals surface area (Å²) in [7, 11) is 1.60. The molecule has 0 N–H and O–H groups in total. The molecule has 0 saturated carbocycles. The van der Waals surface area contributed by atoms with E-state index in [1.807, 2.05) is 25.1 Å². The van der Waals surface area contributed by atoms with Gasteiger partial charge in [0.2, 0.25) is 5.88 Å². The largest absolute Gasteiger partial charge is 0.497 e. The highest BCUT2D eigenvalue weighted by molar-refractivity contribution is 5.89. The summed E-state index contributed by atoms with van der Waals surface area (Å²) in [4.78, 5) is 15.3. The van der Waals surface area contributed by atoms with Crippen molar-refractivity contribution in [3.63, 3.8) is 0 Å². The molecule has 2 aromatic rings. The second-order valence-corrected chi connectivity index (χ2v) is 3.49. The molecule has 1 aromatic heterocycles. The van der Waals surface area contributed by atoms with Crippen LogP contribution in [0.25, 0.3) is 10.9 Å². The summed E-state index contributed by atoms with van der Waals surface area (Å²) in [6.45, 7) is 2.34. The first-order valence-electron chi connectivity index (χ1n) is 5.35. The summed E-state index contributed by atoms with van der Waals surface area (Å²) in [6, 6.07) is 7.25. The molecule has 2 rings (SSSR count). The van der Waals surface area contributed by atoms with Crippen molar-refractivity contribution in [1.29, 1.82) is 0 Å². The molecule has 0 amide bonds. The van der Waals surface area contributed by atoms with E-state index in [1.54, 1.807) is 13.2 Å². The monoisotopic (exact) mass is 231 g/mol. The van der Waals surface area contributed by atoms with Crippen molar-refractivity contribution in [2.75, 3.05) is 13.7 Å². The fraction of sp³-hybridized carbons (Fsp3) is 0.231. The minimum atomic E-state index is 0.375. The highest BCUT2D eigenvalue weighted by atomic mass is 16.5. The van der Waals surface area contributed by atoms with E-state index in [1.165, 1.54) is 0 Å². The number of ether oxygens (including phenoxy) is 2. The van der Waals surface area contributed by atoms with Crippen LogP contribution in [0.4, 0.5) is 0 Å². The molecule has 17 heavy (non-hydrogen) atoms. The van der Waals surface area contributed by atoms with E-state index in [-0.39, 0.29) is 0 Å². The first kappa shape index (κ1) is 11.4. The molecule has 0 fully saturated rings. The molecular weight excluding hydrogens is 218 g/mol. The van der Waals surface area contributed by atoms with E-state index in [0.717, 1.165) is 22.9 Å². The van der Waals surface area contributed by atoms with Gasteiger partial charge in [-0.25, -0.2) is 4.98 Å². The van der Waals surface area contributed by atoms with E-state index in [4.69, 9.17) is 9.47 Å². The molecule has 1 heterocycles. The number of hydrogen-bond acceptors (Lipinski definition) is 4. The van der Waals surface area contributed by atoms with Crippen LogP contribution in [0, 0.1) is 0 Å². The number of aldehydes is 1. The van der Waals surface area contributed by atoms with Crippen LogP contribution in [0.15, 0.2) is 24.3 Å². The van der Waals surface area contributed by atoms with Gasteiger partial charge in [-0.05, 0) is 31.2 Å². The molecule has 0 saturated heterocycles. The van der Waals surface area contributed by atoms with Crippen LogP contribution < -0.4 is 9.47 Å². The average molecular weight is 231 g/mol. The third-order valence-corrected chi connectivity index (χ3v) is 2.42. The van der Waals surface area contributed by atoms with Crippen LogP contribution in [0.2, 0.25) is 0 Å². The van der Waals surface area contributed by atoms with Gasteiger partial charge in [0.25, 0.3) is 0 Å². The Balaban J connectivity index is 2.60. The summed E-state index contributed by atoms with van der Waals surface area (Å²) < 4.78 is 10.4. The Hall–Kier alpha value is -2.10. The lowest BCUT2D eigenvalue weighted by atomic mass is 10.1. The minimum Gasteiger partial charge on any atom is -0.497 e. The van der Waals surface area contributed by atoms with Gasteiger partial charge in [-0.2, -0.15) is 0 Å². The molecule has 0 aliphatic carbocycles. The SMILES string of the molecule is CCOc1nc2ccc(OC)cc2cc1C=O. The summed E-state index contributed by atoms with van der Waals surface area (Å²) >= 11 is 0. The second-order valence-electron chi connectivity index (χ2n) is 3.49. The maximum Gasteiger partial charge on any atom is 0.224 e. The number of hydrogen-bond donors (Lipinski definition) is 0. The highest BCUT2D eigenvalue weighted by Crippen LogP contribution is 2.24. The van der Waals surface area contributed by atoms with Crippen molar-refractivity contribution >= 4 is 17.2 Å². The zero-order chi connectivity index (χ0) is 12.3. The fourth-order valence-electron chi connectivity index (χ4n) is 1.62. The van der Waals surface area contributed by atoms with Gasteiger partial charge in [0.05, 0.1) is 24.8 Å². The number of benzene rings is 1. The van der Waals surface area contributed by atoms with E-state index < -0.39 is 0 Å². The Morgan fingerprint density at radius 2 is 2.18 bits per heavy atom. The highest BCUT2D eigenvalue weighted by Gasteiger charge is 2.07. The third kappa shape index (κ3) is 2.20. The summed E-state index contributed by atoms with van der Waals surface area (Å²) in [5.41, 5.74) is 1.23. The van der Waals surface area contributed by atoms with Crippen molar-refractivity contribution < 1.29 is 14.3 Å². The zero-order valence-electron chi connectivity index (χ0n) is 9.77. The lowest BCUT2D eigenvalue weighted by Gasteiger charge is -2.07. The number of carbonyl (C=O) groups is 1. The van der Waals surface area contributed by atoms with Crippen molar-refractivity contribution in [3.8, 4) is 11.6 Å². The molecule has 0 radical (unpaired) electrons. The summed E-state index contributed by atoms with van der Waals surface area (Å²) in [5, 5.41) is 0.856. The molecule has 4 nitrogen and oxygen atoms in total. The van der Waals surface area contributed by atoms with Gasteiger partial charge in [-0.3, -0.25) is 4.79 Å².